The van der Waals surface area contributed by atoms with Crippen LogP contribution in [-0.2, 0) is 0 Å². The molecule has 56 heavy (non-hydrogen) atoms. The molecule has 0 radical (unpaired) electrons. The fourth-order valence-corrected chi connectivity index (χ4v) is 8.36. The molecule has 10 rings (SSSR count). The Labute approximate surface area is 325 Å². The predicted molar refractivity (Wildman–Crippen MR) is 230 cm³/mol. The quantitative estimate of drug-likeness (QED) is 0.157. The molecule has 272 valence electrons. The number of nitrogens with zero attached hydrogens (tertiary/aromatic N) is 5. The average Bonchev–Trinajstić information content (AvgIpc) is 3.94. The minimum absolute atomic E-state index is 0.355. The molecule has 0 N–H and O–H groups in total. The molecule has 0 spiro atoms. The minimum Gasteiger partial charge on any atom is -0.457 e. The average molecular weight is 728 g/mol. The van der Waals surface area contributed by atoms with Gasteiger partial charge < -0.3 is 9.30 Å². The molecule has 10 aromatic rings. The second-order valence-corrected chi connectivity index (χ2v) is 15.2. The molecule has 0 atom stereocenters. The molecule has 0 saturated heterocycles. The van der Waals surface area contributed by atoms with Crippen molar-refractivity contribution in [2.75, 3.05) is 0 Å². The number of para-hydroxylation sites is 3. The van der Waals surface area contributed by atoms with Gasteiger partial charge >= 0.3 is 0 Å². The lowest BCUT2D eigenvalue weighted by Crippen LogP contribution is -2.04. The van der Waals surface area contributed by atoms with Gasteiger partial charge in [-0.1, -0.05) is 119 Å². The maximum absolute atomic E-state index is 6.60. The maximum Gasteiger partial charge on any atom is 0.139 e. The van der Waals surface area contributed by atoms with Crippen molar-refractivity contribution in [3.05, 3.63) is 175 Å². The Morgan fingerprint density at radius 1 is 0.500 bits per heavy atom. The molecule has 6 nitrogen and oxygen atoms in total. The highest BCUT2D eigenvalue weighted by molar-refractivity contribution is 6.12. The van der Waals surface area contributed by atoms with E-state index in [1.54, 1.807) is 0 Å². The lowest BCUT2D eigenvalue weighted by Gasteiger charge is -2.17. The fraction of sp³-hybridized carbons (Fsp3) is 0.120. The van der Waals surface area contributed by atoms with Crippen LogP contribution in [0.25, 0.3) is 71.9 Å². The number of rotatable bonds is 8. The number of hydrogen-bond donors (Lipinski definition) is 0. The lowest BCUT2D eigenvalue weighted by atomic mass is 9.98. The van der Waals surface area contributed by atoms with Gasteiger partial charge in [0.15, 0.2) is 0 Å². The smallest absolute Gasteiger partial charge is 0.139 e. The highest BCUT2D eigenvalue weighted by Crippen LogP contribution is 2.41. The highest BCUT2D eigenvalue weighted by atomic mass is 16.5. The molecule has 0 saturated carbocycles. The van der Waals surface area contributed by atoms with E-state index in [9.17, 15) is 0 Å². The summed E-state index contributed by atoms with van der Waals surface area (Å²) >= 11 is 0. The van der Waals surface area contributed by atoms with Gasteiger partial charge in [0.05, 0.1) is 39.6 Å². The van der Waals surface area contributed by atoms with Crippen molar-refractivity contribution in [1.29, 1.82) is 0 Å². The molecule has 0 aliphatic heterocycles. The molecule has 4 heterocycles. The summed E-state index contributed by atoms with van der Waals surface area (Å²) in [5, 5.41) is 9.51. The zero-order valence-corrected chi connectivity index (χ0v) is 31.9. The summed E-state index contributed by atoms with van der Waals surface area (Å²) in [4.78, 5) is 5.05. The van der Waals surface area contributed by atoms with E-state index < -0.39 is 0 Å². The van der Waals surface area contributed by atoms with Crippen LogP contribution in [0.15, 0.2) is 164 Å². The summed E-state index contributed by atoms with van der Waals surface area (Å²) < 4.78 is 13.2. The van der Waals surface area contributed by atoms with Gasteiger partial charge in [0, 0.05) is 57.7 Å². The SMILES string of the molecule is CC(C)c1cccc2c3cccc(C(C)C)c3n(-c3ccnc(-n4c5ccccc5c5ccc(Oc6cccc(-n7cc(-c8ccccc8)cn7)c6)cc54)c3)c12. The van der Waals surface area contributed by atoms with Crippen LogP contribution in [-0.4, -0.2) is 23.9 Å². The maximum atomic E-state index is 6.60. The molecule has 6 aromatic carbocycles. The van der Waals surface area contributed by atoms with Crippen molar-refractivity contribution in [1.82, 2.24) is 23.9 Å². The Morgan fingerprint density at radius 3 is 1.91 bits per heavy atom. The Bertz CT molecular complexity index is 3010. The first-order valence-corrected chi connectivity index (χ1v) is 19.4. The first kappa shape index (κ1) is 33.6. The minimum atomic E-state index is 0.355. The van der Waals surface area contributed by atoms with Gasteiger partial charge in [0.1, 0.15) is 17.3 Å². The number of aromatic nitrogens is 5. The number of pyridine rings is 1. The van der Waals surface area contributed by atoms with Crippen LogP contribution in [0.4, 0.5) is 0 Å². The van der Waals surface area contributed by atoms with E-state index in [1.165, 1.54) is 32.9 Å². The van der Waals surface area contributed by atoms with E-state index >= 15 is 0 Å². The van der Waals surface area contributed by atoms with E-state index in [0.717, 1.165) is 61.6 Å². The number of ether oxygens (including phenoxy) is 1. The molecular weight excluding hydrogens is 687 g/mol. The van der Waals surface area contributed by atoms with Crippen molar-refractivity contribution in [3.63, 3.8) is 0 Å². The number of hydrogen-bond acceptors (Lipinski definition) is 3. The third-order valence-corrected chi connectivity index (χ3v) is 11.0. The second kappa shape index (κ2) is 13.4. The normalized spacial score (nSPS) is 11.9. The van der Waals surface area contributed by atoms with Crippen molar-refractivity contribution >= 4 is 43.6 Å². The Kier molecular flexibility index (Phi) is 8.07. The Morgan fingerprint density at radius 2 is 1.16 bits per heavy atom. The molecule has 0 aliphatic rings. The van der Waals surface area contributed by atoms with Crippen molar-refractivity contribution in [2.24, 2.45) is 0 Å². The molecule has 6 heteroatoms. The summed E-state index contributed by atoms with van der Waals surface area (Å²) in [5.41, 5.74) is 11.5. The first-order chi connectivity index (χ1) is 27.4. The van der Waals surface area contributed by atoms with Gasteiger partial charge in [-0.05, 0) is 64.9 Å². The molecule has 0 bridgehead atoms. The van der Waals surface area contributed by atoms with Crippen LogP contribution in [0.2, 0.25) is 0 Å². The highest BCUT2D eigenvalue weighted by Gasteiger charge is 2.21. The van der Waals surface area contributed by atoms with Crippen LogP contribution >= 0.6 is 0 Å². The third kappa shape index (κ3) is 5.56. The van der Waals surface area contributed by atoms with Gasteiger partial charge in [-0.3, -0.25) is 4.57 Å². The summed E-state index contributed by atoms with van der Waals surface area (Å²) in [7, 11) is 0. The van der Waals surface area contributed by atoms with E-state index in [0.29, 0.717) is 11.8 Å². The Balaban J connectivity index is 1.10. The number of fused-ring (bicyclic) bond motifs is 6. The van der Waals surface area contributed by atoms with Crippen LogP contribution in [0, 0.1) is 0 Å². The van der Waals surface area contributed by atoms with Crippen molar-refractivity contribution in [3.8, 4) is 39.8 Å². The topological polar surface area (TPSA) is 49.8 Å². The lowest BCUT2D eigenvalue weighted by molar-refractivity contribution is 0.483. The summed E-state index contributed by atoms with van der Waals surface area (Å²) in [6.45, 7) is 9.13. The zero-order valence-electron chi connectivity index (χ0n) is 31.9. The summed E-state index contributed by atoms with van der Waals surface area (Å²) in [6, 6.07) is 51.1. The summed E-state index contributed by atoms with van der Waals surface area (Å²) in [5.74, 6) is 3.03. The van der Waals surface area contributed by atoms with E-state index in [1.807, 2.05) is 65.7 Å². The van der Waals surface area contributed by atoms with Gasteiger partial charge in [-0.2, -0.15) is 5.10 Å². The van der Waals surface area contributed by atoms with Crippen LogP contribution in [0.1, 0.15) is 50.7 Å². The van der Waals surface area contributed by atoms with Gasteiger partial charge in [0.25, 0.3) is 0 Å². The molecule has 4 aromatic heterocycles. The third-order valence-electron chi connectivity index (χ3n) is 11.0. The molecule has 0 amide bonds. The Hall–Kier alpha value is -6.92. The first-order valence-electron chi connectivity index (χ1n) is 19.4. The molecule has 0 aliphatic carbocycles. The van der Waals surface area contributed by atoms with Crippen LogP contribution < -0.4 is 4.74 Å². The molecule has 0 fully saturated rings. The molecule has 0 unspecified atom stereocenters. The van der Waals surface area contributed by atoms with Gasteiger partial charge in [0.2, 0.25) is 0 Å². The molecular formula is C50H41N5O. The van der Waals surface area contributed by atoms with Crippen LogP contribution in [0.5, 0.6) is 11.5 Å². The number of benzene rings is 6. The van der Waals surface area contributed by atoms with Crippen molar-refractivity contribution < 1.29 is 4.74 Å². The van der Waals surface area contributed by atoms with E-state index in [2.05, 4.69) is 145 Å². The zero-order chi connectivity index (χ0) is 37.9. The van der Waals surface area contributed by atoms with Gasteiger partial charge in [-0.25, -0.2) is 9.67 Å². The van der Waals surface area contributed by atoms with E-state index in [4.69, 9.17) is 9.72 Å². The van der Waals surface area contributed by atoms with Crippen molar-refractivity contribution in [2.45, 2.75) is 39.5 Å². The summed E-state index contributed by atoms with van der Waals surface area (Å²) in [6.07, 6.45) is 5.89. The largest absolute Gasteiger partial charge is 0.457 e. The van der Waals surface area contributed by atoms with E-state index in [-0.39, 0.29) is 0 Å². The monoisotopic (exact) mass is 727 g/mol. The van der Waals surface area contributed by atoms with Gasteiger partial charge in [-0.15, -0.1) is 0 Å². The predicted octanol–water partition coefficient (Wildman–Crippen LogP) is 13.2. The fourth-order valence-electron chi connectivity index (χ4n) is 8.36. The van der Waals surface area contributed by atoms with Crippen LogP contribution in [0.3, 0.4) is 0 Å². The second-order valence-electron chi connectivity index (χ2n) is 15.2. The standard InChI is InChI=1S/C50H41N5O/c1-32(2)40-18-11-20-44-45-21-12-19-41(33(3)4)50(45)54(49(40)44)37-25-26-51-48(28-37)55-46-22-9-8-17-42(46)43-24-23-39(29-47(43)55)56-38-16-10-15-36(27-38)53-31-35(30-52-53)34-13-6-5-7-14-34/h5-33H,1-4H3.